The number of amides is 1. The Morgan fingerprint density at radius 1 is 1.71 bits per heavy atom. The second-order valence-electron chi connectivity index (χ2n) is 5.34. The number of hydrogen-bond acceptors (Lipinski definition) is 2. The molecule has 0 aromatic carbocycles. The van der Waals surface area contributed by atoms with Crippen molar-refractivity contribution in [3.63, 3.8) is 0 Å². The monoisotopic (exact) mass is 236 g/mol. The molecule has 0 radical (unpaired) electrons. The average Bonchev–Trinajstić information content (AvgIpc) is 2.28. The van der Waals surface area contributed by atoms with Crippen LogP contribution in [0.2, 0.25) is 0 Å². The highest BCUT2D eigenvalue weighted by molar-refractivity contribution is 5.86. The minimum atomic E-state index is -0.681. The highest BCUT2D eigenvalue weighted by Crippen LogP contribution is 2.30. The number of nitrogens with one attached hydrogen (secondary N) is 1. The zero-order valence-electron chi connectivity index (χ0n) is 11.0. The molecule has 3 unspecified atom stereocenters. The molecule has 0 bridgehead atoms. The molecule has 3 N–H and O–H groups in total. The van der Waals surface area contributed by atoms with Gasteiger partial charge in [0.1, 0.15) is 0 Å². The molecule has 3 nitrogen and oxygen atoms in total. The maximum atomic E-state index is 12.2. The molecule has 0 saturated heterocycles. The normalized spacial score (nSPS) is 30.4. The lowest BCUT2D eigenvalue weighted by atomic mass is 9.76. The molecule has 1 aliphatic rings. The predicted octanol–water partition coefficient (Wildman–Crippen LogP) is 1.81. The van der Waals surface area contributed by atoms with E-state index in [1.165, 1.54) is 6.42 Å². The lowest BCUT2D eigenvalue weighted by molar-refractivity contribution is -0.128. The molecule has 17 heavy (non-hydrogen) atoms. The third-order valence-corrected chi connectivity index (χ3v) is 3.68. The van der Waals surface area contributed by atoms with Crippen LogP contribution in [0.3, 0.4) is 0 Å². The maximum Gasteiger partial charge on any atom is 0.240 e. The van der Waals surface area contributed by atoms with Crippen LogP contribution in [0.5, 0.6) is 0 Å². The van der Waals surface area contributed by atoms with Crippen LogP contribution < -0.4 is 11.1 Å². The molecule has 3 atom stereocenters. The Hall–Kier alpha value is -1.01. The van der Waals surface area contributed by atoms with Crippen LogP contribution in [0, 0.1) is 18.3 Å². The summed E-state index contributed by atoms with van der Waals surface area (Å²) in [6.45, 7) is 4.18. The van der Waals surface area contributed by atoms with Gasteiger partial charge in [-0.15, -0.1) is 12.3 Å². The third-order valence-electron chi connectivity index (χ3n) is 3.68. The molecule has 1 aliphatic carbocycles. The fourth-order valence-electron chi connectivity index (χ4n) is 2.57. The maximum absolute atomic E-state index is 12.2. The molecular weight excluding hydrogens is 212 g/mol. The van der Waals surface area contributed by atoms with Crippen LogP contribution >= 0.6 is 0 Å². The number of carbonyl (C=O) groups excluding carboxylic acids is 1. The highest BCUT2D eigenvalue weighted by Gasteiger charge is 2.38. The summed E-state index contributed by atoms with van der Waals surface area (Å²) in [4.78, 5) is 12.2. The molecule has 3 heteroatoms. The summed E-state index contributed by atoms with van der Waals surface area (Å²) in [5, 5.41) is 2.99. The van der Waals surface area contributed by atoms with E-state index in [1.807, 2.05) is 6.92 Å². The van der Waals surface area contributed by atoms with Gasteiger partial charge < -0.3 is 11.1 Å². The van der Waals surface area contributed by atoms with E-state index < -0.39 is 5.54 Å². The van der Waals surface area contributed by atoms with Crippen molar-refractivity contribution >= 4 is 5.91 Å². The van der Waals surface area contributed by atoms with Crippen molar-refractivity contribution in [1.29, 1.82) is 0 Å². The van der Waals surface area contributed by atoms with E-state index in [0.29, 0.717) is 12.3 Å². The van der Waals surface area contributed by atoms with Crippen LogP contribution in [-0.4, -0.2) is 17.5 Å². The summed E-state index contributed by atoms with van der Waals surface area (Å²) in [6, 6.07) is 0.0603. The van der Waals surface area contributed by atoms with Gasteiger partial charge in [-0.1, -0.05) is 26.7 Å². The first-order valence-electron chi connectivity index (χ1n) is 6.55. The quantitative estimate of drug-likeness (QED) is 0.731. The Morgan fingerprint density at radius 3 is 2.94 bits per heavy atom. The smallest absolute Gasteiger partial charge is 0.240 e. The van der Waals surface area contributed by atoms with Gasteiger partial charge in [0.2, 0.25) is 5.91 Å². The molecule has 0 heterocycles. The summed E-state index contributed by atoms with van der Waals surface area (Å²) in [5.74, 6) is 3.11. The van der Waals surface area contributed by atoms with Gasteiger partial charge in [0.05, 0.1) is 5.54 Å². The molecule has 96 valence electrons. The Balaban J connectivity index is 2.59. The fraction of sp³-hybridized carbons (Fsp3) is 0.786. The van der Waals surface area contributed by atoms with E-state index in [0.717, 1.165) is 25.7 Å². The number of rotatable bonds is 4. The van der Waals surface area contributed by atoms with Crippen LogP contribution in [0.15, 0.2) is 0 Å². The van der Waals surface area contributed by atoms with E-state index in [2.05, 4.69) is 18.2 Å². The van der Waals surface area contributed by atoms with Gasteiger partial charge in [-0.25, -0.2) is 0 Å². The van der Waals surface area contributed by atoms with E-state index in [9.17, 15) is 4.79 Å². The summed E-state index contributed by atoms with van der Waals surface area (Å²) in [7, 11) is 0. The summed E-state index contributed by atoms with van der Waals surface area (Å²) >= 11 is 0. The molecule has 0 aromatic rings. The Kier molecular flexibility index (Phi) is 5.02. The molecule has 0 aliphatic heterocycles. The lowest BCUT2D eigenvalue weighted by Gasteiger charge is -2.36. The van der Waals surface area contributed by atoms with Gasteiger partial charge in [0.15, 0.2) is 0 Å². The standard InChI is InChI=1S/C14H24N2O/c1-4-7-12(5-2)16-13(17)14(15)9-6-8-11(3)10-14/h1,11-12H,5-10,15H2,2-3H3,(H,16,17). The zero-order chi connectivity index (χ0) is 12.9. The Morgan fingerprint density at radius 2 is 2.41 bits per heavy atom. The second-order valence-corrected chi connectivity index (χ2v) is 5.34. The van der Waals surface area contributed by atoms with E-state index in [4.69, 9.17) is 12.2 Å². The summed E-state index contributed by atoms with van der Waals surface area (Å²) in [5.41, 5.74) is 5.55. The first kappa shape index (κ1) is 14.1. The van der Waals surface area contributed by atoms with Gasteiger partial charge in [-0.05, 0) is 25.2 Å². The minimum Gasteiger partial charge on any atom is -0.351 e. The fourth-order valence-corrected chi connectivity index (χ4v) is 2.57. The van der Waals surface area contributed by atoms with E-state index in [-0.39, 0.29) is 11.9 Å². The van der Waals surface area contributed by atoms with Crippen LogP contribution in [-0.2, 0) is 4.79 Å². The molecule has 0 spiro atoms. The van der Waals surface area contributed by atoms with Gasteiger partial charge >= 0.3 is 0 Å². The first-order chi connectivity index (χ1) is 8.01. The van der Waals surface area contributed by atoms with Crippen molar-refractivity contribution in [2.45, 2.75) is 64.0 Å². The van der Waals surface area contributed by atoms with Crippen molar-refractivity contribution in [3.05, 3.63) is 0 Å². The highest BCUT2D eigenvalue weighted by atomic mass is 16.2. The van der Waals surface area contributed by atoms with Gasteiger partial charge in [0, 0.05) is 12.5 Å². The predicted molar refractivity (Wildman–Crippen MR) is 70.2 cm³/mol. The molecular formula is C14H24N2O. The van der Waals surface area contributed by atoms with Gasteiger partial charge in [-0.3, -0.25) is 4.79 Å². The molecule has 1 rings (SSSR count). The van der Waals surface area contributed by atoms with Crippen molar-refractivity contribution in [2.75, 3.05) is 0 Å². The number of hydrogen-bond donors (Lipinski definition) is 2. The van der Waals surface area contributed by atoms with E-state index >= 15 is 0 Å². The minimum absolute atomic E-state index is 0.0221. The molecule has 1 amide bonds. The Bertz CT molecular complexity index is 308. The lowest BCUT2D eigenvalue weighted by Crippen LogP contribution is -2.58. The van der Waals surface area contributed by atoms with Crippen LogP contribution in [0.1, 0.15) is 52.4 Å². The zero-order valence-corrected chi connectivity index (χ0v) is 11.0. The number of terminal acetylenes is 1. The SMILES string of the molecule is C#CCC(CC)NC(=O)C1(N)CCCC(C)C1. The van der Waals surface area contributed by atoms with Crippen molar-refractivity contribution in [3.8, 4) is 12.3 Å². The number of carbonyl (C=O) groups is 1. The van der Waals surface area contributed by atoms with Crippen molar-refractivity contribution < 1.29 is 4.79 Å². The van der Waals surface area contributed by atoms with Crippen LogP contribution in [0.4, 0.5) is 0 Å². The van der Waals surface area contributed by atoms with Gasteiger partial charge in [-0.2, -0.15) is 0 Å². The molecule has 1 fully saturated rings. The van der Waals surface area contributed by atoms with Gasteiger partial charge in [0.25, 0.3) is 0 Å². The first-order valence-corrected chi connectivity index (χ1v) is 6.55. The van der Waals surface area contributed by atoms with E-state index in [1.54, 1.807) is 0 Å². The third kappa shape index (κ3) is 3.74. The van der Waals surface area contributed by atoms with Crippen molar-refractivity contribution in [2.24, 2.45) is 11.7 Å². The van der Waals surface area contributed by atoms with Crippen LogP contribution in [0.25, 0.3) is 0 Å². The Labute approximate surface area is 105 Å². The summed E-state index contributed by atoms with van der Waals surface area (Å²) < 4.78 is 0. The topological polar surface area (TPSA) is 55.1 Å². The molecule has 1 saturated carbocycles. The average molecular weight is 236 g/mol. The summed E-state index contributed by atoms with van der Waals surface area (Å²) in [6.07, 6.45) is 10.5. The molecule has 0 aromatic heterocycles. The van der Waals surface area contributed by atoms with Crippen molar-refractivity contribution in [1.82, 2.24) is 5.32 Å². The second kappa shape index (κ2) is 6.07. The number of nitrogens with two attached hydrogens (primary N) is 1. The largest absolute Gasteiger partial charge is 0.351 e.